The zero-order chi connectivity index (χ0) is 26.0. The van der Waals surface area contributed by atoms with E-state index in [1.54, 1.807) is 0 Å². The standard InChI is InChI=1S/C32H34N2O4/c1-20(35)37-28-18-23(28)19-34-16-15-32-24-12-13-25(33(2)29(36)14-11-21-7-4-3-5-8-21)31(32)38-27-10-6-9-22(30(27)32)17-26(24)34/h3-10,23-26,28,31H,12-13,15-19H2,1-2H3/t23?,24-,25+,26+,28?,31-,32-/m0/s1. The summed E-state index contributed by atoms with van der Waals surface area (Å²) in [7, 11) is 1.90. The highest BCUT2D eigenvalue weighted by Gasteiger charge is 2.66. The fourth-order valence-electron chi connectivity index (χ4n) is 8.15. The van der Waals surface area contributed by atoms with Gasteiger partial charge >= 0.3 is 5.97 Å². The Balaban J connectivity index is 1.16. The molecule has 6 nitrogen and oxygen atoms in total. The van der Waals surface area contributed by atoms with Gasteiger partial charge in [-0.2, -0.15) is 0 Å². The van der Waals surface area contributed by atoms with Crippen LogP contribution in [0.1, 0.15) is 49.3 Å². The summed E-state index contributed by atoms with van der Waals surface area (Å²) in [6, 6.07) is 16.6. The van der Waals surface area contributed by atoms with Crippen molar-refractivity contribution in [2.24, 2.45) is 11.8 Å². The molecular weight excluding hydrogens is 476 g/mol. The molecule has 196 valence electrons. The van der Waals surface area contributed by atoms with Crippen LogP contribution in [-0.4, -0.2) is 66.1 Å². The molecular formula is C32H34N2O4. The number of rotatable bonds is 4. The summed E-state index contributed by atoms with van der Waals surface area (Å²) in [6.07, 6.45) is 5.07. The van der Waals surface area contributed by atoms with Crippen molar-refractivity contribution in [3.8, 4) is 17.6 Å². The first kappa shape index (κ1) is 23.8. The zero-order valence-corrected chi connectivity index (χ0v) is 22.1. The molecule has 2 bridgehead atoms. The molecule has 7 atom stereocenters. The van der Waals surface area contributed by atoms with Gasteiger partial charge < -0.3 is 14.4 Å². The number of carbonyl (C=O) groups excluding carboxylic acids is 2. The molecule has 2 aromatic carbocycles. The number of piperidine rings is 1. The Hall–Kier alpha value is -3.30. The van der Waals surface area contributed by atoms with Gasteiger partial charge in [0, 0.05) is 54.9 Å². The molecule has 2 saturated carbocycles. The molecule has 7 rings (SSSR count). The number of carbonyl (C=O) groups is 2. The van der Waals surface area contributed by atoms with E-state index >= 15 is 0 Å². The quantitative estimate of drug-likeness (QED) is 0.465. The molecule has 1 saturated heterocycles. The van der Waals surface area contributed by atoms with Gasteiger partial charge in [-0.3, -0.25) is 14.5 Å². The molecule has 0 N–H and O–H groups in total. The van der Waals surface area contributed by atoms with E-state index in [1.165, 1.54) is 18.1 Å². The SMILES string of the molecule is CC(=O)OC1CC1CN1CC[C@]23c4c5cccc4O[C@H]2[C@H](N(C)C(=O)C#Cc2ccccc2)CC[C@H]3[C@H]1C5. The van der Waals surface area contributed by atoms with Gasteiger partial charge in [-0.05, 0) is 68.3 Å². The molecule has 2 aromatic rings. The molecule has 5 aliphatic rings. The van der Waals surface area contributed by atoms with Gasteiger partial charge in [0.15, 0.2) is 0 Å². The van der Waals surface area contributed by atoms with Gasteiger partial charge in [-0.15, -0.1) is 0 Å². The van der Waals surface area contributed by atoms with E-state index < -0.39 is 0 Å². The van der Waals surface area contributed by atoms with Crippen molar-refractivity contribution >= 4 is 11.9 Å². The number of likely N-dealkylation sites (N-methyl/N-ethyl adjacent to an activating group) is 1. The number of esters is 1. The van der Waals surface area contributed by atoms with Crippen LogP contribution in [0.15, 0.2) is 48.5 Å². The zero-order valence-electron chi connectivity index (χ0n) is 22.1. The highest BCUT2D eigenvalue weighted by Crippen LogP contribution is 2.62. The normalized spacial score (nSPS) is 33.7. The number of ether oxygens (including phenoxy) is 2. The van der Waals surface area contributed by atoms with Gasteiger partial charge in [0.2, 0.25) is 0 Å². The summed E-state index contributed by atoms with van der Waals surface area (Å²) < 4.78 is 12.3. The summed E-state index contributed by atoms with van der Waals surface area (Å²) in [5.74, 6) is 7.55. The average Bonchev–Trinajstić information content (AvgIpc) is 3.54. The molecule has 2 unspecified atom stereocenters. The number of hydrogen-bond acceptors (Lipinski definition) is 5. The summed E-state index contributed by atoms with van der Waals surface area (Å²) in [4.78, 5) is 29.2. The van der Waals surface area contributed by atoms with Crippen molar-refractivity contribution < 1.29 is 19.1 Å². The van der Waals surface area contributed by atoms with Crippen LogP contribution in [0.3, 0.4) is 0 Å². The lowest BCUT2D eigenvalue weighted by Gasteiger charge is -2.60. The van der Waals surface area contributed by atoms with Crippen molar-refractivity contribution in [1.82, 2.24) is 9.80 Å². The maximum atomic E-state index is 13.3. The van der Waals surface area contributed by atoms with Crippen molar-refractivity contribution in [2.75, 3.05) is 20.1 Å². The topological polar surface area (TPSA) is 59.1 Å². The third kappa shape index (κ3) is 3.66. The Bertz CT molecular complexity index is 1350. The molecule has 3 aliphatic carbocycles. The van der Waals surface area contributed by atoms with Gasteiger partial charge in [0.1, 0.15) is 18.0 Å². The predicted molar refractivity (Wildman–Crippen MR) is 142 cm³/mol. The second kappa shape index (κ2) is 8.88. The Morgan fingerprint density at radius 2 is 2.00 bits per heavy atom. The molecule has 1 spiro atoms. The van der Waals surface area contributed by atoms with E-state index in [0.717, 1.165) is 56.5 Å². The summed E-state index contributed by atoms with van der Waals surface area (Å²) in [5.41, 5.74) is 3.60. The highest BCUT2D eigenvalue weighted by molar-refractivity contribution is 5.94. The molecule has 2 heterocycles. The van der Waals surface area contributed by atoms with Crippen LogP contribution >= 0.6 is 0 Å². The van der Waals surface area contributed by atoms with Gasteiger partial charge in [-0.25, -0.2) is 0 Å². The van der Waals surface area contributed by atoms with E-state index in [2.05, 4.69) is 34.9 Å². The lowest BCUT2D eigenvalue weighted by Crippen LogP contribution is -2.69. The molecule has 38 heavy (non-hydrogen) atoms. The van der Waals surface area contributed by atoms with E-state index in [9.17, 15) is 9.59 Å². The minimum absolute atomic E-state index is 0.00819. The molecule has 3 fully saturated rings. The Morgan fingerprint density at radius 1 is 1.16 bits per heavy atom. The maximum Gasteiger partial charge on any atom is 0.302 e. The highest BCUT2D eigenvalue weighted by atomic mass is 16.5. The second-order valence-corrected chi connectivity index (χ2v) is 11.8. The third-order valence-electron chi connectivity index (χ3n) is 9.85. The number of nitrogens with zero attached hydrogens (tertiary/aromatic N) is 2. The Kier molecular flexibility index (Phi) is 5.56. The van der Waals surface area contributed by atoms with Crippen molar-refractivity contribution in [3.05, 3.63) is 65.2 Å². The van der Waals surface area contributed by atoms with E-state index in [-0.39, 0.29) is 35.5 Å². The number of likely N-dealkylation sites (tertiary alicyclic amines) is 1. The lowest BCUT2D eigenvalue weighted by molar-refractivity contribution is -0.142. The van der Waals surface area contributed by atoms with Crippen LogP contribution in [0, 0.1) is 23.7 Å². The van der Waals surface area contributed by atoms with E-state index in [0.29, 0.717) is 17.9 Å². The number of benzene rings is 2. The largest absolute Gasteiger partial charge is 0.487 e. The van der Waals surface area contributed by atoms with Gasteiger partial charge in [0.25, 0.3) is 5.91 Å². The smallest absolute Gasteiger partial charge is 0.302 e. The van der Waals surface area contributed by atoms with Crippen LogP contribution in [0.4, 0.5) is 0 Å². The van der Waals surface area contributed by atoms with Crippen molar-refractivity contribution in [1.29, 1.82) is 0 Å². The second-order valence-electron chi connectivity index (χ2n) is 11.8. The summed E-state index contributed by atoms with van der Waals surface area (Å²) in [6.45, 7) is 3.51. The molecule has 6 heteroatoms. The Morgan fingerprint density at radius 3 is 2.82 bits per heavy atom. The summed E-state index contributed by atoms with van der Waals surface area (Å²) in [5, 5.41) is 0. The number of amides is 1. The number of hydrogen-bond donors (Lipinski definition) is 0. The summed E-state index contributed by atoms with van der Waals surface area (Å²) >= 11 is 0. The third-order valence-corrected chi connectivity index (χ3v) is 9.85. The average molecular weight is 511 g/mol. The minimum atomic E-state index is -0.175. The van der Waals surface area contributed by atoms with Crippen LogP contribution < -0.4 is 4.74 Å². The maximum absolute atomic E-state index is 13.3. The first-order chi connectivity index (χ1) is 18.5. The fourth-order valence-corrected chi connectivity index (χ4v) is 8.15. The van der Waals surface area contributed by atoms with Crippen LogP contribution in [0.2, 0.25) is 0 Å². The molecule has 0 aromatic heterocycles. The van der Waals surface area contributed by atoms with Crippen molar-refractivity contribution in [2.45, 2.75) is 68.7 Å². The van der Waals surface area contributed by atoms with E-state index in [1.807, 2.05) is 42.3 Å². The lowest BCUT2D eigenvalue weighted by atomic mass is 9.51. The van der Waals surface area contributed by atoms with Crippen LogP contribution in [0.25, 0.3) is 0 Å². The van der Waals surface area contributed by atoms with Crippen LogP contribution in [0.5, 0.6) is 5.75 Å². The van der Waals surface area contributed by atoms with Gasteiger partial charge in [-0.1, -0.05) is 36.3 Å². The fraction of sp³-hybridized carbons (Fsp3) is 0.500. The minimum Gasteiger partial charge on any atom is -0.487 e. The van der Waals surface area contributed by atoms with Gasteiger partial charge in [0.05, 0.1) is 6.04 Å². The monoisotopic (exact) mass is 510 g/mol. The van der Waals surface area contributed by atoms with Crippen molar-refractivity contribution in [3.63, 3.8) is 0 Å². The first-order valence-corrected chi connectivity index (χ1v) is 14.0. The Labute approximate surface area is 224 Å². The molecule has 2 aliphatic heterocycles. The predicted octanol–water partition coefficient (Wildman–Crippen LogP) is 3.56. The van der Waals surface area contributed by atoms with E-state index in [4.69, 9.17) is 9.47 Å². The molecule has 1 amide bonds. The van der Waals surface area contributed by atoms with Crippen LogP contribution in [-0.2, 0) is 26.2 Å². The molecule has 0 radical (unpaired) electrons. The first-order valence-electron chi connectivity index (χ1n) is 14.0.